The van der Waals surface area contributed by atoms with Gasteiger partial charge in [-0.3, -0.25) is 0 Å². The third kappa shape index (κ3) is 6.17. The lowest BCUT2D eigenvalue weighted by Crippen LogP contribution is -2.37. The van der Waals surface area contributed by atoms with Crippen LogP contribution in [0.2, 0.25) is 0 Å². The lowest BCUT2D eigenvalue weighted by atomic mass is 10.2. The summed E-state index contributed by atoms with van der Waals surface area (Å²) in [5.74, 6) is 1.37. The molecule has 0 amide bonds. The van der Waals surface area contributed by atoms with E-state index < -0.39 is 0 Å². The molecule has 9 nitrogen and oxygen atoms in total. The number of anilines is 5. The smallest absolute Gasteiger partial charge is 0.250 e. The van der Waals surface area contributed by atoms with Gasteiger partial charge >= 0.3 is 0 Å². The third-order valence-electron chi connectivity index (χ3n) is 5.08. The molecule has 33 heavy (non-hydrogen) atoms. The van der Waals surface area contributed by atoms with Gasteiger partial charge in [-0.1, -0.05) is 18.2 Å². The van der Waals surface area contributed by atoms with Crippen LogP contribution in [0.15, 0.2) is 52.0 Å². The fourth-order valence-corrected chi connectivity index (χ4v) is 3.83. The molecule has 1 fully saturated rings. The number of hydrogen-bond acceptors (Lipinski definition) is 9. The van der Waals surface area contributed by atoms with Crippen molar-refractivity contribution in [3.05, 3.63) is 58.1 Å². The van der Waals surface area contributed by atoms with E-state index >= 15 is 0 Å². The summed E-state index contributed by atoms with van der Waals surface area (Å²) in [5, 5.41) is 7.61. The molecule has 0 bridgehead atoms. The van der Waals surface area contributed by atoms with Crippen LogP contribution in [0.1, 0.15) is 11.1 Å². The largest absolute Gasteiger partial charge is 0.378 e. The lowest BCUT2D eigenvalue weighted by Gasteiger charge is -2.27. The van der Waals surface area contributed by atoms with Gasteiger partial charge in [-0.25, -0.2) is 5.43 Å². The van der Waals surface area contributed by atoms with Crippen molar-refractivity contribution >= 4 is 51.4 Å². The minimum absolute atomic E-state index is 0.360. The number of benzene rings is 2. The van der Waals surface area contributed by atoms with Gasteiger partial charge in [-0.15, -0.1) is 0 Å². The van der Waals surface area contributed by atoms with Gasteiger partial charge in [-0.2, -0.15) is 20.1 Å². The van der Waals surface area contributed by atoms with Gasteiger partial charge < -0.3 is 19.9 Å². The summed E-state index contributed by atoms with van der Waals surface area (Å²) < 4.78 is 6.40. The Morgan fingerprint density at radius 1 is 1.03 bits per heavy atom. The molecule has 0 saturated carbocycles. The molecule has 0 spiro atoms. The van der Waals surface area contributed by atoms with Crippen molar-refractivity contribution in [1.82, 2.24) is 15.0 Å². The molecule has 0 aliphatic carbocycles. The van der Waals surface area contributed by atoms with Crippen LogP contribution in [-0.2, 0) is 4.74 Å². The van der Waals surface area contributed by atoms with Crippen LogP contribution in [-0.4, -0.2) is 61.6 Å². The van der Waals surface area contributed by atoms with Crippen LogP contribution < -0.4 is 20.5 Å². The highest BCUT2D eigenvalue weighted by atomic mass is 79.9. The van der Waals surface area contributed by atoms with Crippen LogP contribution >= 0.6 is 15.9 Å². The number of aromatic nitrogens is 3. The number of nitrogens with zero attached hydrogens (tertiary/aromatic N) is 6. The van der Waals surface area contributed by atoms with Gasteiger partial charge in [-0.05, 0) is 58.2 Å². The van der Waals surface area contributed by atoms with E-state index in [0.29, 0.717) is 31.1 Å². The van der Waals surface area contributed by atoms with E-state index in [1.807, 2.05) is 63.5 Å². The van der Waals surface area contributed by atoms with Crippen LogP contribution in [0.4, 0.5) is 29.2 Å². The van der Waals surface area contributed by atoms with Gasteiger partial charge in [0.1, 0.15) is 0 Å². The van der Waals surface area contributed by atoms with Crippen LogP contribution in [0.5, 0.6) is 0 Å². The molecule has 0 radical (unpaired) electrons. The van der Waals surface area contributed by atoms with Gasteiger partial charge in [0.05, 0.1) is 25.1 Å². The molecular formula is C23H27BrN8O. The maximum absolute atomic E-state index is 5.46. The molecule has 10 heteroatoms. The summed E-state index contributed by atoms with van der Waals surface area (Å²) in [7, 11) is 4.02. The summed E-state index contributed by atoms with van der Waals surface area (Å²) in [5.41, 5.74) is 7.08. The molecule has 3 aromatic rings. The Bertz CT molecular complexity index is 1110. The number of aryl methyl sites for hydroxylation is 1. The second-order valence-corrected chi connectivity index (χ2v) is 8.70. The standard InChI is InChI=1S/C23H27BrN8O/c1-16-4-9-20(19(24)14-16)26-21-27-22(29-23(28-21)32-10-12-33-13-11-32)30-25-15-17-5-7-18(8-6-17)31(2)3/h4-9,14-15H,10-13H2,1-3H3,(H2,26,27,28,29,30)/b25-15+. The quantitative estimate of drug-likeness (QED) is 0.363. The lowest BCUT2D eigenvalue weighted by molar-refractivity contribution is 0.122. The molecule has 0 unspecified atom stereocenters. The molecule has 172 valence electrons. The molecular weight excluding hydrogens is 484 g/mol. The second kappa shape index (κ2) is 10.6. The summed E-state index contributed by atoms with van der Waals surface area (Å²) in [4.78, 5) is 17.8. The average Bonchev–Trinajstić information content (AvgIpc) is 2.82. The summed E-state index contributed by atoms with van der Waals surface area (Å²) in [6, 6.07) is 14.2. The Morgan fingerprint density at radius 2 is 1.76 bits per heavy atom. The summed E-state index contributed by atoms with van der Waals surface area (Å²) in [6.07, 6.45) is 1.74. The molecule has 1 saturated heterocycles. The van der Waals surface area contributed by atoms with E-state index in [1.165, 1.54) is 0 Å². The minimum Gasteiger partial charge on any atom is -0.378 e. The van der Waals surface area contributed by atoms with Crippen molar-refractivity contribution in [1.29, 1.82) is 0 Å². The Kier molecular flexibility index (Phi) is 7.36. The highest BCUT2D eigenvalue weighted by molar-refractivity contribution is 9.10. The molecule has 2 aromatic carbocycles. The molecule has 4 rings (SSSR count). The molecule has 2 N–H and O–H groups in total. The van der Waals surface area contributed by atoms with Crippen LogP contribution in [0.25, 0.3) is 0 Å². The van der Waals surface area contributed by atoms with E-state index in [4.69, 9.17) is 4.74 Å². The van der Waals surface area contributed by atoms with Crippen LogP contribution in [0.3, 0.4) is 0 Å². The Balaban J connectivity index is 1.55. The monoisotopic (exact) mass is 510 g/mol. The van der Waals surface area contributed by atoms with E-state index in [-0.39, 0.29) is 0 Å². The molecule has 2 heterocycles. The zero-order chi connectivity index (χ0) is 23.2. The van der Waals surface area contributed by atoms with E-state index in [0.717, 1.165) is 40.1 Å². The van der Waals surface area contributed by atoms with E-state index in [1.54, 1.807) is 6.21 Å². The first kappa shape index (κ1) is 22.9. The SMILES string of the molecule is Cc1ccc(Nc2nc(N/N=C/c3ccc(N(C)C)cc3)nc(N3CCOCC3)n2)c(Br)c1. The summed E-state index contributed by atoms with van der Waals surface area (Å²) >= 11 is 3.60. The molecule has 1 aliphatic rings. The van der Waals surface area contributed by atoms with Crippen molar-refractivity contribution in [2.24, 2.45) is 5.10 Å². The number of ether oxygens (including phenoxy) is 1. The zero-order valence-electron chi connectivity index (χ0n) is 18.9. The highest BCUT2D eigenvalue weighted by Crippen LogP contribution is 2.26. The first-order chi connectivity index (χ1) is 16.0. The zero-order valence-corrected chi connectivity index (χ0v) is 20.5. The number of morpholine rings is 1. The number of hydrazone groups is 1. The normalized spacial score (nSPS) is 13.9. The second-order valence-electron chi connectivity index (χ2n) is 7.85. The topological polar surface area (TPSA) is 90.8 Å². The van der Waals surface area contributed by atoms with Gasteiger partial charge in [0, 0.05) is 37.3 Å². The molecule has 0 atom stereocenters. The average molecular weight is 511 g/mol. The van der Waals surface area contributed by atoms with E-state index in [9.17, 15) is 0 Å². The third-order valence-corrected chi connectivity index (χ3v) is 5.73. The molecule has 1 aliphatic heterocycles. The van der Waals surface area contributed by atoms with Crippen molar-refractivity contribution in [2.45, 2.75) is 6.92 Å². The fraction of sp³-hybridized carbons (Fsp3) is 0.304. The Labute approximate surface area is 202 Å². The molecule has 1 aromatic heterocycles. The van der Waals surface area contributed by atoms with Crippen molar-refractivity contribution in [3.8, 4) is 0 Å². The Hall–Kier alpha value is -3.24. The van der Waals surface area contributed by atoms with Gasteiger partial charge in [0.25, 0.3) is 0 Å². The van der Waals surface area contributed by atoms with E-state index in [2.05, 4.69) is 56.5 Å². The van der Waals surface area contributed by atoms with Crippen molar-refractivity contribution < 1.29 is 4.74 Å². The van der Waals surface area contributed by atoms with Crippen molar-refractivity contribution in [2.75, 3.05) is 60.9 Å². The number of rotatable bonds is 7. The maximum Gasteiger partial charge on any atom is 0.250 e. The van der Waals surface area contributed by atoms with Gasteiger partial charge in [0.15, 0.2) is 0 Å². The first-order valence-corrected chi connectivity index (χ1v) is 11.5. The minimum atomic E-state index is 0.360. The van der Waals surface area contributed by atoms with Crippen LogP contribution in [0, 0.1) is 6.92 Å². The van der Waals surface area contributed by atoms with Crippen molar-refractivity contribution in [3.63, 3.8) is 0 Å². The predicted molar refractivity (Wildman–Crippen MR) is 137 cm³/mol. The maximum atomic E-state index is 5.46. The number of hydrogen-bond donors (Lipinski definition) is 2. The fourth-order valence-electron chi connectivity index (χ4n) is 3.24. The number of halogens is 1. The summed E-state index contributed by atoms with van der Waals surface area (Å²) in [6.45, 7) is 4.77. The predicted octanol–water partition coefficient (Wildman–Crippen LogP) is 4.03. The number of nitrogens with one attached hydrogen (secondary N) is 2. The Morgan fingerprint density at radius 3 is 2.45 bits per heavy atom. The first-order valence-electron chi connectivity index (χ1n) is 10.7. The highest BCUT2D eigenvalue weighted by Gasteiger charge is 2.17. The van der Waals surface area contributed by atoms with Gasteiger partial charge in [0.2, 0.25) is 17.8 Å².